The van der Waals surface area contributed by atoms with Gasteiger partial charge in [-0.05, 0) is 86.0 Å². The number of carbonyl (C=O) groups is 1. The van der Waals surface area contributed by atoms with E-state index in [4.69, 9.17) is 5.11 Å². The van der Waals surface area contributed by atoms with Crippen LogP contribution in [0.2, 0.25) is 0 Å². The number of carboxylic acid groups (broad SMARTS) is 1. The molecule has 3 heteroatoms. The number of nitrogens with one attached hydrogen (secondary N) is 1. The van der Waals surface area contributed by atoms with Crippen molar-refractivity contribution < 1.29 is 9.90 Å². The van der Waals surface area contributed by atoms with Crippen LogP contribution in [0.5, 0.6) is 0 Å². The normalized spacial score (nSPS) is 36.7. The van der Waals surface area contributed by atoms with E-state index >= 15 is 0 Å². The molecule has 0 amide bonds. The molecule has 1 aromatic carbocycles. The first-order chi connectivity index (χ1) is 10.1. The highest BCUT2D eigenvalue weighted by molar-refractivity contribution is 5.87. The van der Waals surface area contributed by atoms with E-state index in [9.17, 15) is 4.79 Å². The Hall–Kier alpha value is -1.51. The molecule has 4 fully saturated rings. The fraction of sp³-hybridized carbons (Fsp3) is 0.611. The maximum absolute atomic E-state index is 10.9. The topological polar surface area (TPSA) is 49.3 Å². The van der Waals surface area contributed by atoms with Gasteiger partial charge in [0.2, 0.25) is 0 Å². The van der Waals surface area contributed by atoms with Crippen molar-refractivity contribution in [1.82, 2.24) is 0 Å². The predicted octanol–water partition coefficient (Wildman–Crippen LogP) is 4.01. The minimum atomic E-state index is -0.859. The summed E-state index contributed by atoms with van der Waals surface area (Å²) >= 11 is 0. The summed E-state index contributed by atoms with van der Waals surface area (Å²) in [6, 6.07) is 7.16. The maximum Gasteiger partial charge on any atom is 0.335 e. The first kappa shape index (κ1) is 13.2. The van der Waals surface area contributed by atoms with Gasteiger partial charge in [0.1, 0.15) is 0 Å². The van der Waals surface area contributed by atoms with Crippen molar-refractivity contribution in [2.45, 2.75) is 38.5 Å². The zero-order chi connectivity index (χ0) is 14.4. The van der Waals surface area contributed by atoms with Crippen LogP contribution in [-0.2, 0) is 0 Å². The third-order valence-corrected chi connectivity index (χ3v) is 5.96. The Labute approximate surface area is 125 Å². The van der Waals surface area contributed by atoms with Crippen LogP contribution in [0.15, 0.2) is 24.3 Å². The SMILES string of the molecule is O=C(O)c1ccc(NCC23CC4CC(CC(C4)C2)C3)cc1. The molecule has 0 heterocycles. The molecule has 21 heavy (non-hydrogen) atoms. The van der Waals surface area contributed by atoms with E-state index in [1.165, 1.54) is 38.5 Å². The third kappa shape index (κ3) is 2.43. The quantitative estimate of drug-likeness (QED) is 0.878. The molecular weight excluding hydrogens is 262 g/mol. The highest BCUT2D eigenvalue weighted by Crippen LogP contribution is 2.59. The number of benzene rings is 1. The lowest BCUT2D eigenvalue weighted by Gasteiger charge is -2.57. The van der Waals surface area contributed by atoms with Crippen LogP contribution in [-0.4, -0.2) is 17.6 Å². The summed E-state index contributed by atoms with van der Waals surface area (Å²) in [4.78, 5) is 10.9. The van der Waals surface area contributed by atoms with Crippen molar-refractivity contribution in [1.29, 1.82) is 0 Å². The summed E-state index contributed by atoms with van der Waals surface area (Å²) in [6.07, 6.45) is 8.64. The summed E-state index contributed by atoms with van der Waals surface area (Å²) in [6.45, 7) is 1.06. The van der Waals surface area contributed by atoms with E-state index in [0.29, 0.717) is 11.0 Å². The first-order valence-electron chi connectivity index (χ1n) is 8.19. The monoisotopic (exact) mass is 285 g/mol. The molecule has 1 aromatic rings. The van der Waals surface area contributed by atoms with Gasteiger partial charge in [-0.3, -0.25) is 0 Å². The fourth-order valence-corrected chi connectivity index (χ4v) is 5.53. The van der Waals surface area contributed by atoms with Crippen molar-refractivity contribution in [2.75, 3.05) is 11.9 Å². The maximum atomic E-state index is 10.9. The van der Waals surface area contributed by atoms with E-state index in [1.807, 2.05) is 12.1 Å². The number of aromatic carboxylic acids is 1. The van der Waals surface area contributed by atoms with Crippen molar-refractivity contribution in [3.05, 3.63) is 29.8 Å². The first-order valence-corrected chi connectivity index (χ1v) is 8.19. The van der Waals surface area contributed by atoms with E-state index in [1.54, 1.807) is 12.1 Å². The Balaban J connectivity index is 1.43. The fourth-order valence-electron chi connectivity index (χ4n) is 5.53. The molecule has 5 rings (SSSR count). The minimum Gasteiger partial charge on any atom is -0.478 e. The van der Waals surface area contributed by atoms with Crippen molar-refractivity contribution in [3.8, 4) is 0 Å². The molecule has 4 aliphatic carbocycles. The second-order valence-corrected chi connectivity index (χ2v) is 7.65. The molecule has 4 aliphatic rings. The molecule has 0 spiro atoms. The van der Waals surface area contributed by atoms with Crippen molar-refractivity contribution >= 4 is 11.7 Å². The van der Waals surface area contributed by atoms with E-state index < -0.39 is 5.97 Å². The second kappa shape index (κ2) is 4.75. The van der Waals surface area contributed by atoms with Crippen LogP contribution in [0, 0.1) is 23.2 Å². The molecule has 3 nitrogen and oxygen atoms in total. The number of hydrogen-bond acceptors (Lipinski definition) is 2. The zero-order valence-corrected chi connectivity index (χ0v) is 12.3. The van der Waals surface area contributed by atoms with Gasteiger partial charge in [-0.15, -0.1) is 0 Å². The molecule has 0 saturated heterocycles. The lowest BCUT2D eigenvalue weighted by atomic mass is 9.49. The van der Waals surface area contributed by atoms with E-state index in [0.717, 1.165) is 30.0 Å². The predicted molar refractivity (Wildman–Crippen MR) is 82.5 cm³/mol. The lowest BCUT2D eigenvalue weighted by molar-refractivity contribution is -0.0444. The molecule has 0 aromatic heterocycles. The van der Waals surface area contributed by atoms with Crippen LogP contribution in [0.1, 0.15) is 48.9 Å². The van der Waals surface area contributed by atoms with Crippen molar-refractivity contribution in [3.63, 3.8) is 0 Å². The Bertz CT molecular complexity index is 514. The molecule has 0 unspecified atom stereocenters. The average molecular weight is 285 g/mol. The Kier molecular flexibility index (Phi) is 2.98. The minimum absolute atomic E-state index is 0.357. The van der Waals surface area contributed by atoms with Crippen molar-refractivity contribution in [2.24, 2.45) is 23.2 Å². The molecule has 112 valence electrons. The van der Waals surface area contributed by atoms with Gasteiger partial charge in [0, 0.05) is 12.2 Å². The standard InChI is InChI=1S/C18H23NO2/c20-17(21)15-1-3-16(4-2-15)19-11-18-8-12-5-13(9-18)7-14(6-12)10-18/h1-4,12-14,19H,5-11H2,(H,20,21). The van der Waals surface area contributed by atoms with Crippen LogP contribution in [0.25, 0.3) is 0 Å². The van der Waals surface area contributed by atoms with Gasteiger partial charge in [-0.2, -0.15) is 0 Å². The molecular formula is C18H23NO2. The van der Waals surface area contributed by atoms with Gasteiger partial charge in [0.25, 0.3) is 0 Å². The number of carboxylic acids is 1. The van der Waals surface area contributed by atoms with Crippen LogP contribution in [0.3, 0.4) is 0 Å². The van der Waals surface area contributed by atoms with Crippen LogP contribution in [0.4, 0.5) is 5.69 Å². The van der Waals surface area contributed by atoms with Crippen LogP contribution >= 0.6 is 0 Å². The Morgan fingerprint density at radius 3 is 2.05 bits per heavy atom. The summed E-state index contributed by atoms with van der Waals surface area (Å²) in [5.74, 6) is 2.08. The molecule has 2 N–H and O–H groups in total. The van der Waals surface area contributed by atoms with Gasteiger partial charge >= 0.3 is 5.97 Å². The molecule has 4 bridgehead atoms. The molecule has 0 aliphatic heterocycles. The van der Waals surface area contributed by atoms with Crippen LogP contribution < -0.4 is 5.32 Å². The largest absolute Gasteiger partial charge is 0.478 e. The summed E-state index contributed by atoms with van der Waals surface area (Å²) in [5, 5.41) is 12.5. The van der Waals surface area contributed by atoms with E-state index in [2.05, 4.69) is 5.32 Å². The Morgan fingerprint density at radius 1 is 1.05 bits per heavy atom. The Morgan fingerprint density at radius 2 is 1.57 bits per heavy atom. The number of hydrogen-bond donors (Lipinski definition) is 2. The summed E-state index contributed by atoms with van der Waals surface area (Å²) in [5.41, 5.74) is 1.92. The number of rotatable bonds is 4. The second-order valence-electron chi connectivity index (χ2n) is 7.65. The highest BCUT2D eigenvalue weighted by atomic mass is 16.4. The highest BCUT2D eigenvalue weighted by Gasteiger charge is 2.50. The van der Waals surface area contributed by atoms with E-state index in [-0.39, 0.29) is 0 Å². The number of anilines is 1. The average Bonchev–Trinajstić information content (AvgIpc) is 2.44. The van der Waals surface area contributed by atoms with Gasteiger partial charge in [0.15, 0.2) is 0 Å². The molecule has 0 radical (unpaired) electrons. The summed E-state index contributed by atoms with van der Waals surface area (Å²) < 4.78 is 0. The van der Waals surface area contributed by atoms with Gasteiger partial charge in [-0.25, -0.2) is 4.79 Å². The van der Waals surface area contributed by atoms with Gasteiger partial charge in [-0.1, -0.05) is 0 Å². The summed E-state index contributed by atoms with van der Waals surface area (Å²) in [7, 11) is 0. The molecule has 4 saturated carbocycles. The third-order valence-electron chi connectivity index (χ3n) is 5.96. The van der Waals surface area contributed by atoms with Gasteiger partial charge < -0.3 is 10.4 Å². The smallest absolute Gasteiger partial charge is 0.335 e. The lowest BCUT2D eigenvalue weighted by Crippen LogP contribution is -2.49. The van der Waals surface area contributed by atoms with Gasteiger partial charge in [0.05, 0.1) is 5.56 Å². The zero-order valence-electron chi connectivity index (χ0n) is 12.3. The molecule has 0 atom stereocenters.